The minimum absolute atomic E-state index is 0.157. The summed E-state index contributed by atoms with van der Waals surface area (Å²) in [6.07, 6.45) is 4.84. The minimum Gasteiger partial charge on any atom is -0.369 e. The molecule has 5 heteroatoms. The topological polar surface area (TPSA) is 37.4 Å². The van der Waals surface area contributed by atoms with E-state index in [0.29, 0.717) is 10.9 Å². The Bertz CT molecular complexity index is 527. The highest BCUT2D eigenvalue weighted by Crippen LogP contribution is 2.29. The fraction of sp³-hybridized carbons (Fsp3) is 0.600. The summed E-state index contributed by atoms with van der Waals surface area (Å²) in [5.74, 6) is 0.157. The summed E-state index contributed by atoms with van der Waals surface area (Å²) in [6, 6.07) is 7.99. The molecule has 0 amide bonds. The lowest BCUT2D eigenvalue weighted by Gasteiger charge is -2.27. The molecule has 1 aromatic carbocycles. The molecule has 3 nitrogen and oxygen atoms in total. The first kappa shape index (κ1) is 15.8. The quantitative estimate of drug-likeness (QED) is 0.727. The van der Waals surface area contributed by atoms with E-state index in [1.165, 1.54) is 25.7 Å². The number of nitrogens with zero attached hydrogens (tertiary/aromatic N) is 1. The Balaban J connectivity index is 2.13. The normalized spacial score (nSPS) is 19.5. The molecule has 1 aromatic rings. The molecule has 0 radical (unpaired) electrons. The van der Waals surface area contributed by atoms with Gasteiger partial charge < -0.3 is 4.90 Å². The van der Waals surface area contributed by atoms with Gasteiger partial charge in [-0.25, -0.2) is 8.42 Å². The molecule has 2 rings (SSSR count). The zero-order valence-corrected chi connectivity index (χ0v) is 14.3. The Morgan fingerprint density at radius 2 is 2.00 bits per heavy atom. The number of hydrogen-bond acceptors (Lipinski definition) is 3. The zero-order chi connectivity index (χ0) is 14.6. The number of benzene rings is 1. The zero-order valence-electron chi connectivity index (χ0n) is 11.9. The van der Waals surface area contributed by atoms with Gasteiger partial charge in [-0.2, -0.15) is 0 Å². The van der Waals surface area contributed by atoms with E-state index in [9.17, 15) is 8.42 Å². The van der Waals surface area contributed by atoms with Crippen LogP contribution in [0.3, 0.4) is 0 Å². The Labute approximate surface area is 130 Å². The lowest BCUT2D eigenvalue weighted by Crippen LogP contribution is -2.29. The third kappa shape index (κ3) is 3.55. The van der Waals surface area contributed by atoms with Crippen LogP contribution >= 0.6 is 15.9 Å². The van der Waals surface area contributed by atoms with Crippen molar-refractivity contribution in [2.45, 2.75) is 43.5 Å². The van der Waals surface area contributed by atoms with Crippen LogP contribution in [0.2, 0.25) is 0 Å². The number of alkyl halides is 1. The molecule has 0 aliphatic carbocycles. The second-order valence-electron chi connectivity index (χ2n) is 5.22. The third-order valence-electron chi connectivity index (χ3n) is 3.96. The predicted molar refractivity (Wildman–Crippen MR) is 87.6 cm³/mol. The highest BCUT2D eigenvalue weighted by molar-refractivity contribution is 9.09. The fourth-order valence-electron chi connectivity index (χ4n) is 2.80. The SMILES string of the molecule is CCS(=O)(=O)c1ccc(N2CCCC2CCCBr)cc1. The van der Waals surface area contributed by atoms with Gasteiger partial charge in [0.25, 0.3) is 0 Å². The maximum Gasteiger partial charge on any atom is 0.178 e. The van der Waals surface area contributed by atoms with E-state index in [2.05, 4.69) is 20.8 Å². The Morgan fingerprint density at radius 3 is 2.60 bits per heavy atom. The van der Waals surface area contributed by atoms with Crippen LogP contribution in [0.1, 0.15) is 32.6 Å². The maximum atomic E-state index is 11.8. The summed E-state index contributed by atoms with van der Waals surface area (Å²) in [7, 11) is -3.09. The summed E-state index contributed by atoms with van der Waals surface area (Å²) in [5, 5.41) is 1.05. The lowest BCUT2D eigenvalue weighted by molar-refractivity contribution is 0.597. The van der Waals surface area contributed by atoms with E-state index < -0.39 is 9.84 Å². The smallest absolute Gasteiger partial charge is 0.178 e. The van der Waals surface area contributed by atoms with E-state index in [1.54, 1.807) is 19.1 Å². The van der Waals surface area contributed by atoms with Crippen LogP contribution in [0.25, 0.3) is 0 Å². The van der Waals surface area contributed by atoms with Gasteiger partial charge in [0.1, 0.15) is 0 Å². The summed E-state index contributed by atoms with van der Waals surface area (Å²) >= 11 is 3.49. The van der Waals surface area contributed by atoms with Gasteiger partial charge in [-0.05, 0) is 49.9 Å². The van der Waals surface area contributed by atoms with Crippen molar-refractivity contribution in [3.8, 4) is 0 Å². The van der Waals surface area contributed by atoms with Crippen molar-refractivity contribution in [3.05, 3.63) is 24.3 Å². The average molecular weight is 360 g/mol. The Hall–Kier alpha value is -0.550. The highest BCUT2D eigenvalue weighted by atomic mass is 79.9. The van der Waals surface area contributed by atoms with Crippen molar-refractivity contribution in [3.63, 3.8) is 0 Å². The van der Waals surface area contributed by atoms with Gasteiger partial charge in [0, 0.05) is 23.6 Å². The average Bonchev–Trinajstić information content (AvgIpc) is 2.93. The molecule has 20 heavy (non-hydrogen) atoms. The van der Waals surface area contributed by atoms with Gasteiger partial charge in [-0.15, -0.1) is 0 Å². The highest BCUT2D eigenvalue weighted by Gasteiger charge is 2.24. The first-order valence-electron chi connectivity index (χ1n) is 7.24. The summed E-state index contributed by atoms with van der Waals surface area (Å²) in [6.45, 7) is 2.76. The van der Waals surface area contributed by atoms with Gasteiger partial charge in [-0.3, -0.25) is 0 Å². The summed E-state index contributed by atoms with van der Waals surface area (Å²) in [4.78, 5) is 2.85. The molecule has 1 aliphatic rings. The first-order chi connectivity index (χ1) is 9.58. The van der Waals surface area contributed by atoms with Crippen LogP contribution in [0, 0.1) is 0 Å². The van der Waals surface area contributed by atoms with Gasteiger partial charge in [-0.1, -0.05) is 22.9 Å². The molecule has 112 valence electrons. The second kappa shape index (κ2) is 6.94. The van der Waals surface area contributed by atoms with E-state index in [1.807, 2.05) is 12.1 Å². The minimum atomic E-state index is -3.09. The summed E-state index contributed by atoms with van der Waals surface area (Å²) < 4.78 is 23.6. The maximum absolute atomic E-state index is 11.8. The van der Waals surface area contributed by atoms with Gasteiger partial charge in [0.05, 0.1) is 10.6 Å². The molecule has 1 saturated heterocycles. The van der Waals surface area contributed by atoms with E-state index in [0.717, 1.165) is 17.6 Å². The molecule has 1 heterocycles. The van der Waals surface area contributed by atoms with Gasteiger partial charge in [0.15, 0.2) is 9.84 Å². The fourth-order valence-corrected chi connectivity index (χ4v) is 4.01. The number of rotatable bonds is 6. The standard InChI is InChI=1S/C15H22BrNO2S/c1-2-20(18,19)15-9-7-14(8-10-15)17-12-4-6-13(17)5-3-11-16/h7-10,13H,2-6,11-12H2,1H3. The number of halogens is 1. The van der Waals surface area contributed by atoms with Crippen LogP contribution in [-0.2, 0) is 9.84 Å². The number of anilines is 1. The van der Waals surface area contributed by atoms with Crippen molar-refractivity contribution >= 4 is 31.5 Å². The van der Waals surface area contributed by atoms with Crippen LogP contribution in [0.5, 0.6) is 0 Å². The largest absolute Gasteiger partial charge is 0.369 e. The molecule has 0 bridgehead atoms. The Kier molecular flexibility index (Phi) is 5.49. The van der Waals surface area contributed by atoms with Crippen molar-refractivity contribution in [1.82, 2.24) is 0 Å². The van der Waals surface area contributed by atoms with Crippen LogP contribution in [0.15, 0.2) is 29.2 Å². The second-order valence-corrected chi connectivity index (χ2v) is 8.29. The molecular formula is C15H22BrNO2S. The van der Waals surface area contributed by atoms with Gasteiger partial charge in [0.2, 0.25) is 0 Å². The van der Waals surface area contributed by atoms with Crippen molar-refractivity contribution in [2.75, 3.05) is 22.5 Å². The molecule has 0 saturated carbocycles. The molecule has 1 unspecified atom stereocenters. The molecular weight excluding hydrogens is 338 g/mol. The summed E-state index contributed by atoms with van der Waals surface area (Å²) in [5.41, 5.74) is 1.15. The van der Waals surface area contributed by atoms with E-state index in [4.69, 9.17) is 0 Å². The molecule has 1 fully saturated rings. The molecule has 0 N–H and O–H groups in total. The van der Waals surface area contributed by atoms with Crippen LogP contribution in [-0.4, -0.2) is 32.1 Å². The predicted octanol–water partition coefficient (Wildman–Crippen LogP) is 3.62. The van der Waals surface area contributed by atoms with Crippen molar-refractivity contribution in [1.29, 1.82) is 0 Å². The van der Waals surface area contributed by atoms with Crippen LogP contribution < -0.4 is 4.90 Å². The Morgan fingerprint density at radius 1 is 1.30 bits per heavy atom. The molecule has 1 atom stereocenters. The molecule has 1 aliphatic heterocycles. The van der Waals surface area contributed by atoms with Crippen LogP contribution in [0.4, 0.5) is 5.69 Å². The van der Waals surface area contributed by atoms with E-state index >= 15 is 0 Å². The number of hydrogen-bond donors (Lipinski definition) is 0. The van der Waals surface area contributed by atoms with E-state index in [-0.39, 0.29) is 5.75 Å². The third-order valence-corrected chi connectivity index (χ3v) is 6.27. The number of sulfone groups is 1. The molecule has 0 spiro atoms. The van der Waals surface area contributed by atoms with Crippen molar-refractivity contribution in [2.24, 2.45) is 0 Å². The monoisotopic (exact) mass is 359 g/mol. The first-order valence-corrected chi connectivity index (χ1v) is 10.0. The van der Waals surface area contributed by atoms with Crippen molar-refractivity contribution < 1.29 is 8.42 Å². The lowest BCUT2D eigenvalue weighted by atomic mass is 10.1. The molecule has 0 aromatic heterocycles. The van der Waals surface area contributed by atoms with Gasteiger partial charge >= 0.3 is 0 Å².